The highest BCUT2D eigenvalue weighted by Gasteiger charge is 2.38. The molecule has 0 aliphatic heterocycles. The van der Waals surface area contributed by atoms with Crippen LogP contribution in [0.1, 0.15) is 79.1 Å². The largest absolute Gasteiger partial charge is 0.469 e. The van der Waals surface area contributed by atoms with Crippen LogP contribution in [0.15, 0.2) is 36.5 Å². The van der Waals surface area contributed by atoms with E-state index in [4.69, 9.17) is 4.43 Å². The van der Waals surface area contributed by atoms with E-state index < -0.39 is 14.4 Å². The first-order chi connectivity index (χ1) is 15.0. The Bertz CT molecular complexity index is 630. The molecule has 0 bridgehead atoms. The van der Waals surface area contributed by atoms with E-state index in [1.165, 1.54) is 26.4 Å². The Morgan fingerprint density at radius 1 is 1.16 bits per heavy atom. The number of esters is 1. The normalized spacial score (nSPS) is 22.8. The summed E-state index contributed by atoms with van der Waals surface area (Å²) in [6, 6.07) is 0. The van der Waals surface area contributed by atoms with E-state index in [9.17, 15) is 9.90 Å². The van der Waals surface area contributed by atoms with Gasteiger partial charge in [-0.2, -0.15) is 0 Å². The fourth-order valence-corrected chi connectivity index (χ4v) is 5.00. The number of ether oxygens (including phenoxy) is 1. The van der Waals surface area contributed by atoms with Crippen LogP contribution >= 0.6 is 0 Å². The quantitative estimate of drug-likeness (QED) is 0.131. The zero-order valence-electron chi connectivity index (χ0n) is 21.6. The van der Waals surface area contributed by atoms with Crippen LogP contribution < -0.4 is 0 Å². The number of carbonyl (C=O) groups is 1. The van der Waals surface area contributed by atoms with Gasteiger partial charge in [0, 0.05) is 18.3 Å². The molecule has 0 aromatic carbocycles. The van der Waals surface area contributed by atoms with E-state index in [0.717, 1.165) is 25.7 Å². The molecule has 1 aliphatic rings. The van der Waals surface area contributed by atoms with Gasteiger partial charge >= 0.3 is 5.97 Å². The molecule has 32 heavy (non-hydrogen) atoms. The number of rotatable bonds is 14. The number of hydrogen-bond donors (Lipinski definition) is 1. The number of methoxy groups -OCH3 is 1. The summed E-state index contributed by atoms with van der Waals surface area (Å²) in [7, 11) is -0.420. The maximum absolute atomic E-state index is 11.2. The van der Waals surface area contributed by atoms with Crippen molar-refractivity contribution in [2.45, 2.75) is 109 Å². The monoisotopic (exact) mass is 464 g/mol. The van der Waals surface area contributed by atoms with Crippen LogP contribution in [-0.2, 0) is 14.0 Å². The highest BCUT2D eigenvalue weighted by molar-refractivity contribution is 6.74. The van der Waals surface area contributed by atoms with E-state index in [1.54, 1.807) is 0 Å². The van der Waals surface area contributed by atoms with Gasteiger partial charge in [0.1, 0.15) is 0 Å². The summed E-state index contributed by atoms with van der Waals surface area (Å²) in [4.78, 5) is 11.2. The van der Waals surface area contributed by atoms with Crippen LogP contribution in [-0.4, -0.2) is 38.7 Å². The average molecular weight is 465 g/mol. The van der Waals surface area contributed by atoms with Crippen molar-refractivity contribution in [1.29, 1.82) is 0 Å². The van der Waals surface area contributed by atoms with E-state index in [1.807, 2.05) is 6.08 Å². The van der Waals surface area contributed by atoms with E-state index in [2.05, 4.69) is 75.9 Å². The molecule has 0 saturated heterocycles. The first-order valence-electron chi connectivity index (χ1n) is 12.5. The second kappa shape index (κ2) is 14.2. The zero-order chi connectivity index (χ0) is 24.2. The van der Waals surface area contributed by atoms with Crippen LogP contribution in [0.5, 0.6) is 0 Å². The molecule has 0 heterocycles. The third-order valence-corrected chi connectivity index (χ3v) is 11.4. The summed E-state index contributed by atoms with van der Waals surface area (Å²) in [6.07, 6.45) is 20.2. The average Bonchev–Trinajstić information content (AvgIpc) is 3.07. The molecule has 1 rings (SSSR count). The SMILES string of the molecule is CCCCCC(/C=C/[C@@H]1C=C[C@H](O)[C@@H]1C/C=C\CCCC(=O)OC)O[Si](C)(C)C(C)(C)C. The van der Waals surface area contributed by atoms with Crippen molar-refractivity contribution < 1.29 is 19.1 Å². The zero-order valence-corrected chi connectivity index (χ0v) is 22.6. The number of allylic oxidation sites excluding steroid dienone is 4. The molecular weight excluding hydrogens is 416 g/mol. The predicted molar refractivity (Wildman–Crippen MR) is 137 cm³/mol. The third-order valence-electron chi connectivity index (χ3n) is 6.91. The molecule has 1 unspecified atom stereocenters. The molecule has 1 aliphatic carbocycles. The van der Waals surface area contributed by atoms with Gasteiger partial charge in [-0.1, -0.05) is 83.4 Å². The summed E-state index contributed by atoms with van der Waals surface area (Å²) in [5, 5.41) is 10.6. The van der Waals surface area contributed by atoms with Crippen molar-refractivity contribution in [3.05, 3.63) is 36.5 Å². The van der Waals surface area contributed by atoms with Gasteiger partial charge in [-0.15, -0.1) is 0 Å². The lowest BCUT2D eigenvalue weighted by atomic mass is 9.89. The third kappa shape index (κ3) is 10.2. The Balaban J connectivity index is 2.71. The van der Waals surface area contributed by atoms with Crippen LogP contribution in [0.4, 0.5) is 0 Å². The summed E-state index contributed by atoms with van der Waals surface area (Å²) in [6.45, 7) is 13.7. The van der Waals surface area contributed by atoms with Crippen LogP contribution in [0, 0.1) is 11.8 Å². The highest BCUT2D eigenvalue weighted by atomic mass is 28.4. The fraction of sp³-hybridized carbons (Fsp3) is 0.741. The Morgan fingerprint density at radius 2 is 1.88 bits per heavy atom. The smallest absolute Gasteiger partial charge is 0.305 e. The maximum atomic E-state index is 11.2. The molecule has 0 aromatic heterocycles. The number of carbonyl (C=O) groups excluding carboxylic acids is 1. The van der Waals surface area contributed by atoms with Crippen LogP contribution in [0.25, 0.3) is 0 Å². The second-order valence-electron chi connectivity index (χ2n) is 10.6. The molecule has 4 nitrogen and oxygen atoms in total. The lowest BCUT2D eigenvalue weighted by Gasteiger charge is -2.38. The fourth-order valence-electron chi connectivity index (χ4n) is 3.69. The number of aliphatic hydroxyl groups is 1. The van der Waals surface area contributed by atoms with Crippen molar-refractivity contribution in [3.63, 3.8) is 0 Å². The van der Waals surface area contributed by atoms with Gasteiger partial charge in [-0.25, -0.2) is 0 Å². The van der Waals surface area contributed by atoms with Crippen molar-refractivity contribution in [2.75, 3.05) is 7.11 Å². The molecule has 184 valence electrons. The molecule has 1 N–H and O–H groups in total. The molecule has 4 atom stereocenters. The molecule has 0 saturated carbocycles. The molecule has 0 fully saturated rings. The first kappa shape index (κ1) is 28.9. The number of unbranched alkanes of at least 4 members (excludes halogenated alkanes) is 3. The van der Waals surface area contributed by atoms with Crippen molar-refractivity contribution >= 4 is 14.3 Å². The first-order valence-corrected chi connectivity index (χ1v) is 15.4. The highest BCUT2D eigenvalue weighted by Crippen LogP contribution is 2.38. The lowest BCUT2D eigenvalue weighted by Crippen LogP contribution is -2.43. The number of aliphatic hydroxyl groups excluding tert-OH is 1. The topological polar surface area (TPSA) is 55.8 Å². The Hall–Kier alpha value is -1.17. The van der Waals surface area contributed by atoms with Crippen molar-refractivity contribution in [3.8, 4) is 0 Å². The van der Waals surface area contributed by atoms with E-state index in [-0.39, 0.29) is 28.9 Å². The van der Waals surface area contributed by atoms with Crippen LogP contribution in [0.3, 0.4) is 0 Å². The van der Waals surface area contributed by atoms with Gasteiger partial charge in [0.2, 0.25) is 0 Å². The molecule has 0 amide bonds. The van der Waals surface area contributed by atoms with Gasteiger partial charge in [0.05, 0.1) is 19.3 Å². The van der Waals surface area contributed by atoms with Gasteiger partial charge < -0.3 is 14.3 Å². The molecule has 0 spiro atoms. The van der Waals surface area contributed by atoms with Gasteiger partial charge in [-0.3, -0.25) is 4.79 Å². The number of hydrogen-bond acceptors (Lipinski definition) is 4. The maximum Gasteiger partial charge on any atom is 0.305 e. The predicted octanol–water partition coefficient (Wildman–Crippen LogP) is 6.97. The van der Waals surface area contributed by atoms with Gasteiger partial charge in [0.25, 0.3) is 0 Å². The standard InChI is InChI=1S/C27H48O4Si/c1-8-9-12-15-23(31-32(6,7)27(2,3)4)20-18-22-19-21-25(28)24(22)16-13-10-11-14-17-26(29)30-5/h10,13,18-25,28H,8-9,11-12,14-17H2,1-7H3/b13-10-,20-18+/t22-,23?,24-,25+/m1/s1. The Kier molecular flexibility index (Phi) is 12.8. The summed E-state index contributed by atoms with van der Waals surface area (Å²) < 4.78 is 11.4. The van der Waals surface area contributed by atoms with Crippen LogP contribution in [0.2, 0.25) is 18.1 Å². The molecule has 0 radical (unpaired) electrons. The molecule has 0 aromatic rings. The van der Waals surface area contributed by atoms with Gasteiger partial charge in [-0.05, 0) is 43.8 Å². The summed E-state index contributed by atoms with van der Waals surface area (Å²) in [5.74, 6) is 0.223. The van der Waals surface area contributed by atoms with Gasteiger partial charge in [0.15, 0.2) is 8.32 Å². The molecular formula is C27H48O4Si. The minimum Gasteiger partial charge on any atom is -0.469 e. The minimum absolute atomic E-state index is 0.142. The Morgan fingerprint density at radius 3 is 2.50 bits per heavy atom. The minimum atomic E-state index is -1.84. The molecule has 5 heteroatoms. The van der Waals surface area contributed by atoms with E-state index >= 15 is 0 Å². The lowest BCUT2D eigenvalue weighted by molar-refractivity contribution is -0.140. The van der Waals surface area contributed by atoms with E-state index in [0.29, 0.717) is 6.42 Å². The van der Waals surface area contributed by atoms with Crippen molar-refractivity contribution in [1.82, 2.24) is 0 Å². The Labute approximate surface area is 198 Å². The summed E-state index contributed by atoms with van der Waals surface area (Å²) in [5.41, 5.74) is 0. The summed E-state index contributed by atoms with van der Waals surface area (Å²) >= 11 is 0. The second-order valence-corrected chi connectivity index (χ2v) is 15.3. The van der Waals surface area contributed by atoms with Crippen molar-refractivity contribution in [2.24, 2.45) is 11.8 Å².